The minimum Gasteiger partial charge on any atom is -0.312 e. The molecule has 1 aromatic rings. The van der Waals surface area contributed by atoms with Crippen molar-refractivity contribution >= 4 is 11.6 Å². The lowest BCUT2D eigenvalue weighted by molar-refractivity contribution is -0.118. The molecule has 0 bridgehead atoms. The van der Waals surface area contributed by atoms with Crippen LogP contribution < -0.4 is 4.90 Å². The fraction of sp³-hybridized carbons (Fsp3) is 0.364. The van der Waals surface area contributed by atoms with Crippen LogP contribution in [0.1, 0.15) is 17.5 Å². The topological polar surface area (TPSA) is 20.3 Å². The average molecular weight is 191 g/mol. The van der Waals surface area contributed by atoms with Gasteiger partial charge in [-0.15, -0.1) is 0 Å². The van der Waals surface area contributed by atoms with Crippen LogP contribution in [0.25, 0.3) is 0 Å². The number of carbonyl (C=O) groups excluding carboxylic acids is 1. The predicted octanol–water partition coefficient (Wildman–Crippen LogP) is 1.66. The van der Waals surface area contributed by atoms with Crippen LogP contribution in [-0.2, 0) is 17.6 Å². The molecule has 0 aliphatic carbocycles. The predicted molar refractivity (Wildman–Crippen MR) is 50.8 cm³/mol. The first-order valence-electron chi connectivity index (χ1n) is 4.87. The first kappa shape index (κ1) is 7.97. The maximum absolute atomic E-state index is 13.2. The number of rotatable bonds is 0. The zero-order valence-electron chi connectivity index (χ0n) is 7.72. The number of benzene rings is 1. The number of nitrogens with zero attached hydrogens (tertiary/aromatic N) is 1. The molecule has 3 rings (SSSR count). The first-order chi connectivity index (χ1) is 6.75. The summed E-state index contributed by atoms with van der Waals surface area (Å²) < 4.78 is 13.2. The van der Waals surface area contributed by atoms with Crippen LogP contribution in [0.3, 0.4) is 0 Å². The lowest BCUT2D eigenvalue weighted by atomic mass is 9.99. The molecule has 0 saturated heterocycles. The van der Waals surface area contributed by atoms with Gasteiger partial charge in [0.1, 0.15) is 5.82 Å². The second kappa shape index (κ2) is 2.56. The summed E-state index contributed by atoms with van der Waals surface area (Å²) in [5.41, 5.74) is 2.98. The van der Waals surface area contributed by atoms with Crippen molar-refractivity contribution in [2.24, 2.45) is 0 Å². The first-order valence-corrected chi connectivity index (χ1v) is 4.87. The minimum atomic E-state index is -0.171. The van der Waals surface area contributed by atoms with Crippen LogP contribution in [0.2, 0.25) is 0 Å². The van der Waals surface area contributed by atoms with E-state index in [0.29, 0.717) is 12.8 Å². The van der Waals surface area contributed by atoms with Gasteiger partial charge < -0.3 is 4.90 Å². The molecular weight excluding hydrogens is 181 g/mol. The summed E-state index contributed by atoms with van der Waals surface area (Å²) in [4.78, 5) is 13.3. The molecule has 0 N–H and O–H groups in total. The standard InChI is InChI=1S/C11H10FNO/c12-9-5-7-1-2-10(14)13-4-3-8(6-9)11(7)13/h5-6H,1-4H2. The van der Waals surface area contributed by atoms with Gasteiger partial charge in [0.2, 0.25) is 5.91 Å². The molecule has 0 spiro atoms. The Hall–Kier alpha value is -1.38. The zero-order valence-corrected chi connectivity index (χ0v) is 7.72. The van der Waals surface area contributed by atoms with E-state index in [1.165, 1.54) is 0 Å². The molecule has 0 fully saturated rings. The molecule has 3 heteroatoms. The van der Waals surface area contributed by atoms with Crippen molar-refractivity contribution in [1.82, 2.24) is 0 Å². The van der Waals surface area contributed by atoms with Gasteiger partial charge in [-0.2, -0.15) is 0 Å². The molecular formula is C11H10FNO. The van der Waals surface area contributed by atoms with Crippen molar-refractivity contribution in [3.05, 3.63) is 29.1 Å². The van der Waals surface area contributed by atoms with Crippen LogP contribution in [0.5, 0.6) is 0 Å². The van der Waals surface area contributed by atoms with Gasteiger partial charge in [-0.05, 0) is 36.1 Å². The van der Waals surface area contributed by atoms with E-state index >= 15 is 0 Å². The Kier molecular flexibility index (Phi) is 1.46. The highest BCUT2D eigenvalue weighted by Gasteiger charge is 2.31. The number of hydrogen-bond acceptors (Lipinski definition) is 1. The molecule has 2 aliphatic rings. The number of aryl methyl sites for hydroxylation is 1. The largest absolute Gasteiger partial charge is 0.312 e. The van der Waals surface area contributed by atoms with Crippen LogP contribution in [-0.4, -0.2) is 12.5 Å². The molecule has 0 saturated carbocycles. The third-order valence-corrected chi connectivity index (χ3v) is 3.02. The number of halogens is 1. The van der Waals surface area contributed by atoms with E-state index in [0.717, 1.165) is 29.8 Å². The molecule has 72 valence electrons. The van der Waals surface area contributed by atoms with Gasteiger partial charge in [-0.25, -0.2) is 4.39 Å². The van der Waals surface area contributed by atoms with Crippen molar-refractivity contribution in [2.45, 2.75) is 19.3 Å². The molecule has 2 heterocycles. The molecule has 14 heavy (non-hydrogen) atoms. The van der Waals surface area contributed by atoms with Gasteiger partial charge in [-0.1, -0.05) is 0 Å². The summed E-state index contributed by atoms with van der Waals surface area (Å²) in [5, 5.41) is 0. The summed E-state index contributed by atoms with van der Waals surface area (Å²) in [5.74, 6) is 0.0119. The normalized spacial score (nSPS) is 18.6. The van der Waals surface area contributed by atoms with Gasteiger partial charge in [0, 0.05) is 13.0 Å². The summed E-state index contributed by atoms with van der Waals surface area (Å²) >= 11 is 0. The van der Waals surface area contributed by atoms with E-state index in [2.05, 4.69) is 0 Å². The van der Waals surface area contributed by atoms with Gasteiger partial charge in [0.25, 0.3) is 0 Å². The van der Waals surface area contributed by atoms with E-state index < -0.39 is 0 Å². The van der Waals surface area contributed by atoms with Gasteiger partial charge in [0.15, 0.2) is 0 Å². The van der Waals surface area contributed by atoms with Gasteiger partial charge in [-0.3, -0.25) is 4.79 Å². The van der Waals surface area contributed by atoms with E-state index in [9.17, 15) is 9.18 Å². The fourth-order valence-electron chi connectivity index (χ4n) is 2.42. The summed E-state index contributed by atoms with van der Waals surface area (Å²) in [7, 11) is 0. The summed E-state index contributed by atoms with van der Waals surface area (Å²) in [6.45, 7) is 0.727. The maximum atomic E-state index is 13.2. The summed E-state index contributed by atoms with van der Waals surface area (Å²) in [6.07, 6.45) is 2.01. The van der Waals surface area contributed by atoms with Crippen molar-refractivity contribution < 1.29 is 9.18 Å². The Morgan fingerprint density at radius 3 is 2.64 bits per heavy atom. The molecule has 1 amide bonds. The molecule has 2 nitrogen and oxygen atoms in total. The Labute approximate surface area is 81.3 Å². The Balaban J connectivity index is 2.24. The Morgan fingerprint density at radius 2 is 1.86 bits per heavy atom. The van der Waals surface area contributed by atoms with Crippen LogP contribution in [0, 0.1) is 5.82 Å². The highest BCUT2D eigenvalue weighted by molar-refractivity contribution is 5.98. The van der Waals surface area contributed by atoms with E-state index in [-0.39, 0.29) is 11.7 Å². The number of hydrogen-bond donors (Lipinski definition) is 0. The van der Waals surface area contributed by atoms with Gasteiger partial charge in [0.05, 0.1) is 5.69 Å². The highest BCUT2D eigenvalue weighted by atomic mass is 19.1. The molecule has 0 unspecified atom stereocenters. The second-order valence-corrected chi connectivity index (χ2v) is 3.87. The average Bonchev–Trinajstić information content (AvgIpc) is 2.56. The lowest BCUT2D eigenvalue weighted by Gasteiger charge is -2.25. The van der Waals surface area contributed by atoms with Crippen LogP contribution in [0.15, 0.2) is 12.1 Å². The highest BCUT2D eigenvalue weighted by Crippen LogP contribution is 2.36. The molecule has 2 aliphatic heterocycles. The molecule has 0 radical (unpaired) electrons. The number of anilines is 1. The smallest absolute Gasteiger partial charge is 0.227 e. The van der Waals surface area contributed by atoms with Crippen molar-refractivity contribution in [3.63, 3.8) is 0 Å². The zero-order chi connectivity index (χ0) is 9.71. The summed E-state index contributed by atoms with van der Waals surface area (Å²) in [6, 6.07) is 3.11. The Bertz CT molecular complexity index is 428. The van der Waals surface area contributed by atoms with E-state index in [1.807, 2.05) is 0 Å². The van der Waals surface area contributed by atoms with Crippen molar-refractivity contribution in [2.75, 3.05) is 11.4 Å². The van der Waals surface area contributed by atoms with Crippen molar-refractivity contribution in [1.29, 1.82) is 0 Å². The molecule has 0 atom stereocenters. The third-order valence-electron chi connectivity index (χ3n) is 3.02. The fourth-order valence-corrected chi connectivity index (χ4v) is 2.42. The molecule has 1 aromatic carbocycles. The van der Waals surface area contributed by atoms with E-state index in [4.69, 9.17) is 0 Å². The quantitative estimate of drug-likeness (QED) is 0.610. The molecule has 0 aromatic heterocycles. The number of amides is 1. The SMILES string of the molecule is O=C1CCc2cc(F)cc3c2N1CC3. The number of carbonyl (C=O) groups is 1. The maximum Gasteiger partial charge on any atom is 0.227 e. The second-order valence-electron chi connectivity index (χ2n) is 3.87. The minimum absolute atomic E-state index is 0.171. The van der Waals surface area contributed by atoms with Gasteiger partial charge >= 0.3 is 0 Å². The van der Waals surface area contributed by atoms with Crippen LogP contribution >= 0.6 is 0 Å². The lowest BCUT2D eigenvalue weighted by Crippen LogP contribution is -2.32. The van der Waals surface area contributed by atoms with Crippen LogP contribution in [0.4, 0.5) is 10.1 Å². The third kappa shape index (κ3) is 0.924. The Morgan fingerprint density at radius 1 is 1.14 bits per heavy atom. The monoisotopic (exact) mass is 191 g/mol. The van der Waals surface area contributed by atoms with E-state index in [1.54, 1.807) is 17.0 Å². The van der Waals surface area contributed by atoms with Crippen molar-refractivity contribution in [3.8, 4) is 0 Å².